The van der Waals surface area contributed by atoms with E-state index in [1.165, 1.54) is 11.3 Å². The third-order valence-electron chi connectivity index (χ3n) is 3.14. The second kappa shape index (κ2) is 5.46. The molecule has 2 unspecified atom stereocenters. The number of hydrogen-bond acceptors (Lipinski definition) is 3. The zero-order valence-electron chi connectivity index (χ0n) is 10.9. The van der Waals surface area contributed by atoms with E-state index < -0.39 is 0 Å². The lowest BCUT2D eigenvalue weighted by molar-refractivity contribution is 0.120. The number of nitrogens with one attached hydrogen (secondary N) is 1. The predicted octanol–water partition coefficient (Wildman–Crippen LogP) is 1.40. The highest BCUT2D eigenvalue weighted by molar-refractivity contribution is 5.19. The molecule has 0 aliphatic rings. The highest BCUT2D eigenvalue weighted by Gasteiger charge is 2.14. The molecule has 4 heteroatoms. The van der Waals surface area contributed by atoms with Gasteiger partial charge in [-0.05, 0) is 19.8 Å². The highest BCUT2D eigenvalue weighted by Crippen LogP contribution is 2.16. The summed E-state index contributed by atoms with van der Waals surface area (Å²) in [6.45, 7) is 8.81. The van der Waals surface area contributed by atoms with E-state index in [0.29, 0.717) is 6.54 Å². The summed E-state index contributed by atoms with van der Waals surface area (Å²) < 4.78 is 1.87. The maximum absolute atomic E-state index is 9.71. The van der Waals surface area contributed by atoms with Crippen LogP contribution in [0.4, 0.5) is 0 Å². The summed E-state index contributed by atoms with van der Waals surface area (Å²) in [5.74, 6) is 0.287. The van der Waals surface area contributed by atoms with E-state index in [9.17, 15) is 5.11 Å². The Morgan fingerprint density at radius 1 is 1.44 bits per heavy atom. The second-order valence-corrected chi connectivity index (χ2v) is 4.75. The lowest BCUT2D eigenvalue weighted by Gasteiger charge is -2.19. The predicted molar refractivity (Wildman–Crippen MR) is 65.2 cm³/mol. The van der Waals surface area contributed by atoms with Gasteiger partial charge < -0.3 is 10.4 Å². The molecule has 0 amide bonds. The van der Waals surface area contributed by atoms with Crippen LogP contribution in [0.15, 0.2) is 6.20 Å². The van der Waals surface area contributed by atoms with E-state index >= 15 is 0 Å². The van der Waals surface area contributed by atoms with E-state index in [1.54, 1.807) is 0 Å². The average molecular weight is 225 g/mol. The Bertz CT molecular complexity index is 333. The lowest BCUT2D eigenvalue weighted by Crippen LogP contribution is -2.32. The molecule has 0 bridgehead atoms. The third-order valence-corrected chi connectivity index (χ3v) is 3.14. The van der Waals surface area contributed by atoms with E-state index in [4.69, 9.17) is 0 Å². The summed E-state index contributed by atoms with van der Waals surface area (Å²) in [5.41, 5.74) is 2.36. The molecule has 92 valence electrons. The molecule has 0 saturated heterocycles. The normalized spacial score (nSPS) is 15.4. The van der Waals surface area contributed by atoms with Gasteiger partial charge >= 0.3 is 0 Å². The summed E-state index contributed by atoms with van der Waals surface area (Å²) in [6.07, 6.45) is 1.59. The molecule has 0 aromatic carbocycles. The van der Waals surface area contributed by atoms with Gasteiger partial charge in [0.25, 0.3) is 0 Å². The number of aromatic nitrogens is 2. The van der Waals surface area contributed by atoms with Crippen molar-refractivity contribution in [2.24, 2.45) is 13.0 Å². The van der Waals surface area contributed by atoms with Gasteiger partial charge in [-0.3, -0.25) is 4.68 Å². The number of aliphatic hydroxyl groups excluding tert-OH is 1. The summed E-state index contributed by atoms with van der Waals surface area (Å²) >= 11 is 0. The maximum atomic E-state index is 9.71. The van der Waals surface area contributed by atoms with Crippen molar-refractivity contribution in [1.29, 1.82) is 0 Å². The largest absolute Gasteiger partial charge is 0.392 e. The van der Waals surface area contributed by atoms with Crippen molar-refractivity contribution in [3.63, 3.8) is 0 Å². The Morgan fingerprint density at radius 2 is 2.06 bits per heavy atom. The van der Waals surface area contributed by atoms with Crippen LogP contribution in [0.2, 0.25) is 0 Å². The summed E-state index contributed by atoms with van der Waals surface area (Å²) in [7, 11) is 1.94. The number of nitrogens with zero attached hydrogens (tertiary/aromatic N) is 2. The Morgan fingerprint density at radius 3 is 2.50 bits per heavy atom. The van der Waals surface area contributed by atoms with Crippen LogP contribution in [0.3, 0.4) is 0 Å². The molecule has 0 saturated carbocycles. The van der Waals surface area contributed by atoms with Crippen LogP contribution >= 0.6 is 0 Å². The molecule has 0 aliphatic carbocycles. The summed E-state index contributed by atoms with van der Waals surface area (Å²) in [5, 5.41) is 17.3. The van der Waals surface area contributed by atoms with Gasteiger partial charge in [0, 0.05) is 30.9 Å². The minimum atomic E-state index is -0.292. The van der Waals surface area contributed by atoms with Crippen molar-refractivity contribution in [1.82, 2.24) is 15.1 Å². The summed E-state index contributed by atoms with van der Waals surface area (Å²) in [4.78, 5) is 0. The molecule has 1 heterocycles. The second-order valence-electron chi connectivity index (χ2n) is 4.75. The van der Waals surface area contributed by atoms with Gasteiger partial charge in [0.1, 0.15) is 0 Å². The minimum absolute atomic E-state index is 0.224. The molecule has 0 aliphatic heterocycles. The van der Waals surface area contributed by atoms with Crippen LogP contribution in [-0.2, 0) is 7.05 Å². The van der Waals surface area contributed by atoms with E-state index in [1.807, 2.05) is 31.8 Å². The molecule has 16 heavy (non-hydrogen) atoms. The smallest absolute Gasteiger partial charge is 0.0687 e. The fourth-order valence-corrected chi connectivity index (χ4v) is 1.58. The minimum Gasteiger partial charge on any atom is -0.392 e. The van der Waals surface area contributed by atoms with Crippen LogP contribution in [0.1, 0.15) is 38.1 Å². The topological polar surface area (TPSA) is 50.1 Å². The van der Waals surface area contributed by atoms with Crippen molar-refractivity contribution in [2.45, 2.75) is 39.8 Å². The van der Waals surface area contributed by atoms with Gasteiger partial charge in [-0.25, -0.2) is 0 Å². The van der Waals surface area contributed by atoms with Gasteiger partial charge in [0.05, 0.1) is 12.3 Å². The van der Waals surface area contributed by atoms with Crippen LogP contribution < -0.4 is 5.32 Å². The van der Waals surface area contributed by atoms with Gasteiger partial charge in [0.15, 0.2) is 0 Å². The molecule has 4 nitrogen and oxygen atoms in total. The van der Waals surface area contributed by atoms with Gasteiger partial charge in [-0.1, -0.05) is 13.8 Å². The third kappa shape index (κ3) is 3.06. The quantitative estimate of drug-likeness (QED) is 0.796. The number of hydrogen-bond donors (Lipinski definition) is 2. The van der Waals surface area contributed by atoms with Gasteiger partial charge in [0.2, 0.25) is 0 Å². The average Bonchev–Trinajstić information content (AvgIpc) is 2.55. The fourth-order valence-electron chi connectivity index (χ4n) is 1.58. The first-order valence-corrected chi connectivity index (χ1v) is 5.83. The van der Waals surface area contributed by atoms with Crippen molar-refractivity contribution in [3.05, 3.63) is 17.5 Å². The first kappa shape index (κ1) is 13.2. The monoisotopic (exact) mass is 225 g/mol. The highest BCUT2D eigenvalue weighted by atomic mass is 16.3. The van der Waals surface area contributed by atoms with Crippen molar-refractivity contribution in [2.75, 3.05) is 6.54 Å². The standard InChI is InChI=1S/C12H23N3O/c1-8(2)12(16)7-13-9(3)11-6-14-15(5)10(11)4/h6,8-9,12-13,16H,7H2,1-5H3. The van der Waals surface area contributed by atoms with Crippen LogP contribution in [-0.4, -0.2) is 27.5 Å². The van der Waals surface area contributed by atoms with Crippen LogP contribution in [0, 0.1) is 12.8 Å². The van der Waals surface area contributed by atoms with Crippen LogP contribution in [0.5, 0.6) is 0 Å². The molecule has 0 fully saturated rings. The molecular weight excluding hydrogens is 202 g/mol. The zero-order chi connectivity index (χ0) is 12.3. The Balaban J connectivity index is 2.53. The van der Waals surface area contributed by atoms with E-state index in [2.05, 4.69) is 24.3 Å². The van der Waals surface area contributed by atoms with Gasteiger partial charge in [-0.2, -0.15) is 5.10 Å². The first-order valence-electron chi connectivity index (χ1n) is 5.83. The van der Waals surface area contributed by atoms with Crippen LogP contribution in [0.25, 0.3) is 0 Å². The lowest BCUT2D eigenvalue weighted by atomic mass is 10.1. The zero-order valence-corrected chi connectivity index (χ0v) is 10.9. The first-order chi connectivity index (χ1) is 7.43. The van der Waals surface area contributed by atoms with E-state index in [0.717, 1.165) is 0 Å². The SMILES string of the molecule is Cc1c(C(C)NCC(O)C(C)C)cnn1C. The molecule has 1 aromatic rings. The van der Waals surface area contributed by atoms with Crippen molar-refractivity contribution < 1.29 is 5.11 Å². The number of aryl methyl sites for hydroxylation is 1. The maximum Gasteiger partial charge on any atom is 0.0687 e. The van der Waals surface area contributed by atoms with Gasteiger partial charge in [-0.15, -0.1) is 0 Å². The Labute approximate surface area is 97.7 Å². The molecule has 1 aromatic heterocycles. The number of aliphatic hydroxyl groups is 1. The van der Waals surface area contributed by atoms with Crippen molar-refractivity contribution in [3.8, 4) is 0 Å². The molecular formula is C12H23N3O. The summed E-state index contributed by atoms with van der Waals surface area (Å²) in [6, 6.07) is 0.224. The molecule has 1 rings (SSSR count). The van der Waals surface area contributed by atoms with E-state index in [-0.39, 0.29) is 18.1 Å². The van der Waals surface area contributed by atoms with Crippen molar-refractivity contribution >= 4 is 0 Å². The molecule has 2 N–H and O–H groups in total. The molecule has 2 atom stereocenters. The number of rotatable bonds is 5. The molecule has 0 spiro atoms. The Kier molecular flexibility index (Phi) is 4.50. The molecule has 0 radical (unpaired) electrons. The fraction of sp³-hybridized carbons (Fsp3) is 0.750. The Hall–Kier alpha value is -0.870.